The van der Waals surface area contributed by atoms with Gasteiger partial charge in [0, 0.05) is 18.0 Å². The van der Waals surface area contributed by atoms with E-state index in [0.29, 0.717) is 24.6 Å². The maximum Gasteiger partial charge on any atom is 0.251 e. The molecular weight excluding hydrogens is 274 g/mol. The average Bonchev–Trinajstić information content (AvgIpc) is 2.57. The molecule has 0 saturated heterocycles. The number of hydrogen-bond acceptors (Lipinski definition) is 2. The molecule has 0 aromatic heterocycles. The molecule has 2 aromatic carbocycles. The first-order valence-corrected chi connectivity index (χ1v) is 7.80. The van der Waals surface area contributed by atoms with E-state index in [-0.39, 0.29) is 5.91 Å². The maximum absolute atomic E-state index is 12.2. The predicted molar refractivity (Wildman–Crippen MR) is 89.4 cm³/mol. The zero-order valence-corrected chi connectivity index (χ0v) is 13.2. The normalized spacial score (nSPS) is 11.7. The predicted octanol–water partition coefficient (Wildman–Crippen LogP) is 4.01. The summed E-state index contributed by atoms with van der Waals surface area (Å²) in [5.41, 5.74) is 1.92. The van der Waals surface area contributed by atoms with E-state index in [2.05, 4.69) is 24.4 Å². The lowest BCUT2D eigenvalue weighted by Crippen LogP contribution is -2.28. The number of carbonyl (C=O) groups excluding carboxylic acids is 1. The van der Waals surface area contributed by atoms with E-state index in [9.17, 15) is 4.79 Å². The Morgan fingerprint density at radius 1 is 1.05 bits per heavy atom. The second-order valence-corrected chi connectivity index (χ2v) is 5.18. The van der Waals surface area contributed by atoms with Gasteiger partial charge in [-0.05, 0) is 43.2 Å². The fraction of sp³-hybridized carbons (Fsp3) is 0.316. The van der Waals surface area contributed by atoms with Crippen molar-refractivity contribution in [2.45, 2.75) is 26.2 Å². The number of carbonyl (C=O) groups is 1. The van der Waals surface area contributed by atoms with E-state index in [1.54, 1.807) is 12.1 Å². The molecule has 22 heavy (non-hydrogen) atoms. The number of ether oxygens (including phenoxy) is 1. The minimum Gasteiger partial charge on any atom is -0.494 e. The van der Waals surface area contributed by atoms with E-state index >= 15 is 0 Å². The van der Waals surface area contributed by atoms with Crippen LogP contribution in [0.5, 0.6) is 5.75 Å². The van der Waals surface area contributed by atoms with Gasteiger partial charge in [0.25, 0.3) is 5.91 Å². The molecule has 0 fully saturated rings. The lowest BCUT2D eigenvalue weighted by atomic mass is 9.96. The summed E-state index contributed by atoms with van der Waals surface area (Å²) < 4.78 is 5.38. The summed E-state index contributed by atoms with van der Waals surface area (Å²) >= 11 is 0. The van der Waals surface area contributed by atoms with Gasteiger partial charge in [0.2, 0.25) is 0 Å². The van der Waals surface area contributed by atoms with Crippen LogP contribution in [0, 0.1) is 0 Å². The van der Waals surface area contributed by atoms with E-state index in [4.69, 9.17) is 4.74 Å². The Hall–Kier alpha value is -2.29. The SMILES string of the molecule is CCOc1ccc(C(=O)NCC(CC)c2ccccc2)cc1. The first-order valence-electron chi connectivity index (χ1n) is 7.80. The van der Waals surface area contributed by atoms with Crippen LogP contribution >= 0.6 is 0 Å². The van der Waals surface area contributed by atoms with Gasteiger partial charge in [-0.1, -0.05) is 37.3 Å². The molecule has 0 radical (unpaired) electrons. The molecule has 0 aliphatic rings. The van der Waals surface area contributed by atoms with Crippen molar-refractivity contribution >= 4 is 5.91 Å². The maximum atomic E-state index is 12.2. The van der Waals surface area contributed by atoms with Gasteiger partial charge in [0.05, 0.1) is 6.61 Å². The first kappa shape index (κ1) is 16.1. The molecule has 1 N–H and O–H groups in total. The van der Waals surface area contributed by atoms with Gasteiger partial charge in [-0.2, -0.15) is 0 Å². The molecular formula is C19H23NO2. The van der Waals surface area contributed by atoms with Gasteiger partial charge in [-0.25, -0.2) is 0 Å². The van der Waals surface area contributed by atoms with Crippen LogP contribution < -0.4 is 10.1 Å². The number of rotatable bonds is 7. The molecule has 0 aliphatic carbocycles. The standard InChI is InChI=1S/C19H23NO2/c1-3-15(16-8-6-5-7-9-16)14-20-19(21)17-10-12-18(13-11-17)22-4-2/h5-13,15H,3-4,14H2,1-2H3,(H,20,21). The Balaban J connectivity index is 1.93. The molecule has 3 heteroatoms. The first-order chi connectivity index (χ1) is 10.7. The van der Waals surface area contributed by atoms with Crippen LogP contribution in [0.2, 0.25) is 0 Å². The van der Waals surface area contributed by atoms with Gasteiger partial charge >= 0.3 is 0 Å². The van der Waals surface area contributed by atoms with E-state index in [1.165, 1.54) is 5.56 Å². The van der Waals surface area contributed by atoms with Gasteiger partial charge < -0.3 is 10.1 Å². The molecule has 0 saturated carbocycles. The Bertz CT molecular complexity index is 578. The summed E-state index contributed by atoms with van der Waals surface area (Å²) in [6, 6.07) is 17.5. The molecule has 0 aliphatic heterocycles. The highest BCUT2D eigenvalue weighted by atomic mass is 16.5. The van der Waals surface area contributed by atoms with E-state index < -0.39 is 0 Å². The van der Waals surface area contributed by atoms with Gasteiger partial charge in [0.1, 0.15) is 5.75 Å². The van der Waals surface area contributed by atoms with Gasteiger partial charge in [-0.3, -0.25) is 4.79 Å². The number of benzene rings is 2. The van der Waals surface area contributed by atoms with Crippen LogP contribution in [0.3, 0.4) is 0 Å². The summed E-state index contributed by atoms with van der Waals surface area (Å²) in [6.07, 6.45) is 0.994. The highest BCUT2D eigenvalue weighted by Gasteiger charge is 2.11. The third-order valence-corrected chi connectivity index (χ3v) is 3.70. The summed E-state index contributed by atoms with van der Waals surface area (Å²) in [6.45, 7) is 5.35. The minimum absolute atomic E-state index is 0.0440. The smallest absolute Gasteiger partial charge is 0.251 e. The van der Waals surface area contributed by atoms with Crippen LogP contribution in [0.25, 0.3) is 0 Å². The molecule has 1 unspecified atom stereocenters. The molecule has 1 amide bonds. The quantitative estimate of drug-likeness (QED) is 0.838. The molecule has 0 heterocycles. The molecule has 1 atom stereocenters. The number of amides is 1. The fourth-order valence-electron chi connectivity index (χ4n) is 2.41. The highest BCUT2D eigenvalue weighted by molar-refractivity contribution is 5.94. The third-order valence-electron chi connectivity index (χ3n) is 3.70. The molecule has 2 rings (SSSR count). The number of hydrogen-bond donors (Lipinski definition) is 1. The van der Waals surface area contributed by atoms with Crippen molar-refractivity contribution in [1.82, 2.24) is 5.32 Å². The monoisotopic (exact) mass is 297 g/mol. The van der Waals surface area contributed by atoms with Gasteiger partial charge in [-0.15, -0.1) is 0 Å². The molecule has 0 bridgehead atoms. The van der Waals surface area contributed by atoms with Crippen molar-refractivity contribution in [3.63, 3.8) is 0 Å². The Morgan fingerprint density at radius 3 is 2.32 bits per heavy atom. The molecule has 2 aromatic rings. The lowest BCUT2D eigenvalue weighted by molar-refractivity contribution is 0.0951. The summed E-state index contributed by atoms with van der Waals surface area (Å²) in [5, 5.41) is 3.02. The lowest BCUT2D eigenvalue weighted by Gasteiger charge is -2.16. The van der Waals surface area contributed by atoms with Crippen molar-refractivity contribution in [3.05, 3.63) is 65.7 Å². The van der Waals surface area contributed by atoms with Crippen LogP contribution in [0.1, 0.15) is 42.1 Å². The second-order valence-electron chi connectivity index (χ2n) is 5.18. The zero-order chi connectivity index (χ0) is 15.8. The highest BCUT2D eigenvalue weighted by Crippen LogP contribution is 2.18. The molecule has 116 valence electrons. The number of nitrogens with one attached hydrogen (secondary N) is 1. The summed E-state index contributed by atoms with van der Waals surface area (Å²) in [4.78, 5) is 12.2. The van der Waals surface area contributed by atoms with E-state index in [1.807, 2.05) is 37.3 Å². The van der Waals surface area contributed by atoms with Crippen molar-refractivity contribution in [1.29, 1.82) is 0 Å². The minimum atomic E-state index is -0.0440. The molecule has 3 nitrogen and oxygen atoms in total. The third kappa shape index (κ3) is 4.35. The van der Waals surface area contributed by atoms with Crippen LogP contribution in [0.15, 0.2) is 54.6 Å². The topological polar surface area (TPSA) is 38.3 Å². The van der Waals surface area contributed by atoms with Crippen LogP contribution in [-0.2, 0) is 0 Å². The fourth-order valence-corrected chi connectivity index (χ4v) is 2.41. The largest absolute Gasteiger partial charge is 0.494 e. The summed E-state index contributed by atoms with van der Waals surface area (Å²) in [7, 11) is 0. The van der Waals surface area contributed by atoms with E-state index in [0.717, 1.165) is 12.2 Å². The second kappa shape index (κ2) is 8.23. The zero-order valence-electron chi connectivity index (χ0n) is 13.2. The van der Waals surface area contributed by atoms with Crippen molar-refractivity contribution < 1.29 is 9.53 Å². The Kier molecular flexibility index (Phi) is 6.01. The van der Waals surface area contributed by atoms with Crippen LogP contribution in [0.4, 0.5) is 0 Å². The van der Waals surface area contributed by atoms with Crippen molar-refractivity contribution in [2.24, 2.45) is 0 Å². The Labute approximate surface area is 132 Å². The Morgan fingerprint density at radius 2 is 1.73 bits per heavy atom. The average molecular weight is 297 g/mol. The van der Waals surface area contributed by atoms with Crippen molar-refractivity contribution in [3.8, 4) is 5.75 Å². The van der Waals surface area contributed by atoms with Crippen LogP contribution in [-0.4, -0.2) is 19.1 Å². The van der Waals surface area contributed by atoms with Crippen molar-refractivity contribution in [2.75, 3.05) is 13.2 Å². The van der Waals surface area contributed by atoms with Gasteiger partial charge in [0.15, 0.2) is 0 Å². The molecule has 0 spiro atoms. The summed E-state index contributed by atoms with van der Waals surface area (Å²) in [5.74, 6) is 1.08.